The quantitative estimate of drug-likeness (QED) is 0.169. The molecular formula is C30H56O7. The van der Waals surface area contributed by atoms with Gasteiger partial charge in [0.05, 0.1) is 5.92 Å². The third-order valence-electron chi connectivity index (χ3n) is 9.08. The Kier molecular flexibility index (Phi) is 13.3. The molecular weight excluding hydrogens is 472 g/mol. The van der Waals surface area contributed by atoms with Gasteiger partial charge in [0.15, 0.2) is 5.60 Å². The maximum atomic E-state index is 13.4. The van der Waals surface area contributed by atoms with Crippen molar-refractivity contribution in [1.82, 2.24) is 0 Å². The van der Waals surface area contributed by atoms with Crippen LogP contribution < -0.4 is 0 Å². The van der Waals surface area contributed by atoms with Crippen molar-refractivity contribution >= 4 is 17.9 Å². The fraction of sp³-hybridized carbons (Fsp3) is 0.900. The van der Waals surface area contributed by atoms with Gasteiger partial charge in [-0.15, -0.1) is 0 Å². The van der Waals surface area contributed by atoms with Crippen LogP contribution >= 0.6 is 0 Å². The highest BCUT2D eigenvalue weighted by atomic mass is 16.4. The van der Waals surface area contributed by atoms with E-state index in [1.165, 1.54) is 0 Å². The average molecular weight is 529 g/mol. The Balaban J connectivity index is 7.60. The van der Waals surface area contributed by atoms with Gasteiger partial charge < -0.3 is 20.4 Å². The summed E-state index contributed by atoms with van der Waals surface area (Å²) < 4.78 is 0. The fourth-order valence-electron chi connectivity index (χ4n) is 6.74. The Morgan fingerprint density at radius 2 is 0.838 bits per heavy atom. The van der Waals surface area contributed by atoms with E-state index in [2.05, 4.69) is 0 Å². The lowest BCUT2D eigenvalue weighted by Crippen LogP contribution is -2.66. The first-order chi connectivity index (χ1) is 16.7. The molecule has 0 amide bonds. The van der Waals surface area contributed by atoms with Crippen LogP contribution in [0.25, 0.3) is 0 Å². The van der Waals surface area contributed by atoms with Gasteiger partial charge >= 0.3 is 17.9 Å². The van der Waals surface area contributed by atoms with Crippen molar-refractivity contribution in [2.75, 3.05) is 0 Å². The van der Waals surface area contributed by atoms with E-state index in [4.69, 9.17) is 0 Å². The highest BCUT2D eigenvalue weighted by molar-refractivity contribution is 5.93. The van der Waals surface area contributed by atoms with Crippen molar-refractivity contribution < 1.29 is 34.8 Å². The summed E-state index contributed by atoms with van der Waals surface area (Å²) in [6, 6.07) is 0. The van der Waals surface area contributed by atoms with Crippen LogP contribution in [0.4, 0.5) is 0 Å². The van der Waals surface area contributed by atoms with Gasteiger partial charge in [-0.05, 0) is 72.5 Å². The van der Waals surface area contributed by atoms with E-state index in [1.54, 1.807) is 0 Å². The Morgan fingerprint density at radius 1 is 0.541 bits per heavy atom. The molecule has 0 heterocycles. The molecule has 0 bridgehead atoms. The number of aliphatic hydroxyl groups is 1. The Morgan fingerprint density at radius 3 is 1.03 bits per heavy atom. The molecule has 7 nitrogen and oxygen atoms in total. The summed E-state index contributed by atoms with van der Waals surface area (Å²) in [6.07, 6.45) is -0.354. The molecule has 0 aromatic rings. The molecule has 0 saturated heterocycles. The number of hydrogen-bond acceptors (Lipinski definition) is 4. The molecule has 0 rings (SSSR count). The van der Waals surface area contributed by atoms with Crippen molar-refractivity contribution in [3.8, 4) is 0 Å². The van der Waals surface area contributed by atoms with Crippen LogP contribution in [0.2, 0.25) is 0 Å². The topological polar surface area (TPSA) is 132 Å². The van der Waals surface area contributed by atoms with Gasteiger partial charge in [-0.3, -0.25) is 9.59 Å². The second-order valence-corrected chi connectivity index (χ2v) is 13.4. The highest BCUT2D eigenvalue weighted by Crippen LogP contribution is 2.53. The maximum Gasteiger partial charge on any atom is 0.337 e. The van der Waals surface area contributed by atoms with Crippen molar-refractivity contribution in [1.29, 1.82) is 0 Å². The zero-order valence-electron chi connectivity index (χ0n) is 25.4. The van der Waals surface area contributed by atoms with Crippen molar-refractivity contribution in [2.45, 2.75) is 108 Å². The van der Waals surface area contributed by atoms with Crippen LogP contribution in [0.5, 0.6) is 0 Å². The van der Waals surface area contributed by atoms with Gasteiger partial charge in [0.2, 0.25) is 0 Å². The summed E-state index contributed by atoms with van der Waals surface area (Å²) >= 11 is 0. The lowest BCUT2D eigenvalue weighted by molar-refractivity contribution is -0.213. The first-order valence-electron chi connectivity index (χ1n) is 14.1. The number of aliphatic carboxylic acids is 3. The minimum Gasteiger partial charge on any atom is -0.481 e. The molecule has 0 saturated carbocycles. The molecule has 0 spiro atoms. The van der Waals surface area contributed by atoms with Crippen LogP contribution in [-0.4, -0.2) is 43.9 Å². The summed E-state index contributed by atoms with van der Waals surface area (Å²) in [7, 11) is 0. The van der Waals surface area contributed by atoms with Gasteiger partial charge in [0.1, 0.15) is 5.41 Å². The average Bonchev–Trinajstić information content (AvgIpc) is 2.71. The predicted octanol–water partition coefficient (Wildman–Crippen LogP) is 6.53. The molecule has 0 radical (unpaired) electrons. The predicted molar refractivity (Wildman–Crippen MR) is 147 cm³/mol. The molecule has 2 atom stereocenters. The third kappa shape index (κ3) is 7.93. The normalized spacial score (nSPS) is 15.7. The fourth-order valence-corrected chi connectivity index (χ4v) is 6.74. The van der Waals surface area contributed by atoms with Crippen LogP contribution in [-0.2, 0) is 14.4 Å². The molecule has 0 aliphatic heterocycles. The standard InChI is InChI=1S/C30H56O7/c1-16(2)22(17(3)4)13-25(26(31)32)30(37,28(35)36)29(27(33)34,14-23(18(5)6)19(7)8)15-24(20(9)10)21(11)12/h16-25,37H,13-15H2,1-12H3,(H,31,32)(H,33,34)(H,35,36). The molecule has 4 N–H and O–H groups in total. The summed E-state index contributed by atoms with van der Waals surface area (Å²) in [4.78, 5) is 39.3. The minimum absolute atomic E-state index is 0.00988. The number of carboxylic acid groups (broad SMARTS) is 3. The van der Waals surface area contributed by atoms with Gasteiger partial charge in [-0.1, -0.05) is 83.1 Å². The second-order valence-electron chi connectivity index (χ2n) is 13.4. The molecule has 0 aliphatic carbocycles. The number of hydrogen-bond donors (Lipinski definition) is 4. The number of carbonyl (C=O) groups is 3. The van der Waals surface area contributed by atoms with Crippen molar-refractivity contribution in [3.63, 3.8) is 0 Å². The van der Waals surface area contributed by atoms with E-state index in [0.717, 1.165) is 0 Å². The van der Waals surface area contributed by atoms with E-state index >= 15 is 0 Å². The van der Waals surface area contributed by atoms with Crippen LogP contribution in [0.1, 0.15) is 102 Å². The van der Waals surface area contributed by atoms with E-state index in [0.29, 0.717) is 0 Å². The molecule has 7 heteroatoms. The zero-order valence-corrected chi connectivity index (χ0v) is 25.4. The summed E-state index contributed by atoms with van der Waals surface area (Å²) in [5, 5.41) is 44.2. The van der Waals surface area contributed by atoms with Gasteiger partial charge in [-0.25, -0.2) is 4.79 Å². The lowest BCUT2D eigenvalue weighted by Gasteiger charge is -2.50. The van der Waals surface area contributed by atoms with E-state index < -0.39 is 34.8 Å². The monoisotopic (exact) mass is 528 g/mol. The summed E-state index contributed by atoms with van der Waals surface area (Å²) in [5.41, 5.74) is -5.20. The number of carboxylic acids is 3. The molecule has 0 fully saturated rings. The molecule has 0 aromatic heterocycles. The first-order valence-corrected chi connectivity index (χ1v) is 14.1. The minimum atomic E-state index is -3.00. The third-order valence-corrected chi connectivity index (χ3v) is 9.08. The van der Waals surface area contributed by atoms with Crippen LogP contribution in [0.15, 0.2) is 0 Å². The molecule has 0 aromatic carbocycles. The Hall–Kier alpha value is -1.63. The molecule has 218 valence electrons. The van der Waals surface area contributed by atoms with Crippen LogP contribution in [0.3, 0.4) is 0 Å². The van der Waals surface area contributed by atoms with Crippen LogP contribution in [0, 0.1) is 64.6 Å². The van der Waals surface area contributed by atoms with Gasteiger partial charge in [-0.2, -0.15) is 0 Å². The molecule has 2 unspecified atom stereocenters. The molecule has 37 heavy (non-hydrogen) atoms. The largest absolute Gasteiger partial charge is 0.481 e. The van der Waals surface area contributed by atoms with Crippen molar-refractivity contribution in [2.24, 2.45) is 64.6 Å². The van der Waals surface area contributed by atoms with Gasteiger partial charge in [0, 0.05) is 0 Å². The second kappa shape index (κ2) is 14.0. The molecule has 0 aliphatic rings. The van der Waals surface area contributed by atoms with E-state index in [9.17, 15) is 34.8 Å². The maximum absolute atomic E-state index is 13.4. The Labute approximate surface area is 225 Å². The zero-order chi connectivity index (χ0) is 29.6. The number of rotatable bonds is 17. The summed E-state index contributed by atoms with van der Waals surface area (Å²) in [5.74, 6) is -7.06. The summed E-state index contributed by atoms with van der Waals surface area (Å²) in [6.45, 7) is 23.4. The Bertz CT molecular complexity index is 707. The smallest absolute Gasteiger partial charge is 0.337 e. The van der Waals surface area contributed by atoms with Crippen molar-refractivity contribution in [3.05, 3.63) is 0 Å². The van der Waals surface area contributed by atoms with E-state index in [1.807, 2.05) is 83.1 Å². The first kappa shape index (κ1) is 35.4. The van der Waals surface area contributed by atoms with Gasteiger partial charge in [0.25, 0.3) is 0 Å². The lowest BCUT2D eigenvalue weighted by atomic mass is 9.54. The van der Waals surface area contributed by atoms with E-state index in [-0.39, 0.29) is 72.5 Å². The SMILES string of the molecule is CC(C)C(CC(C(=O)O)C(O)(C(=O)O)C(CC(C(C)C)C(C)C)(CC(C(C)C)C(C)C)C(=O)O)C(C)C. The highest BCUT2D eigenvalue weighted by Gasteiger charge is 2.67.